The zero-order valence-electron chi connectivity index (χ0n) is 10.6. The van der Waals surface area contributed by atoms with Crippen LogP contribution in [-0.2, 0) is 6.61 Å². The van der Waals surface area contributed by atoms with E-state index >= 15 is 0 Å². The third-order valence-electron chi connectivity index (χ3n) is 3.01. The zero-order chi connectivity index (χ0) is 13.9. The molecule has 0 saturated carbocycles. The minimum absolute atomic E-state index is 0.131. The largest absolute Gasteiger partial charge is 0.455 e. The maximum Gasteiger partial charge on any atom is 0.153 e. The highest BCUT2D eigenvalue weighted by Gasteiger charge is 2.08. The molecule has 100 valence electrons. The molecule has 0 spiro atoms. The first-order valence-electron chi connectivity index (χ1n) is 6.19. The maximum atomic E-state index is 9.38. The molecule has 3 aromatic rings. The molecular formula is C16H12ClNO2. The number of pyridine rings is 1. The second kappa shape index (κ2) is 5.49. The van der Waals surface area contributed by atoms with Crippen molar-refractivity contribution in [3.05, 3.63) is 65.3 Å². The van der Waals surface area contributed by atoms with Crippen LogP contribution in [0.25, 0.3) is 10.9 Å². The van der Waals surface area contributed by atoms with Crippen molar-refractivity contribution in [1.82, 2.24) is 4.98 Å². The highest BCUT2D eigenvalue weighted by molar-refractivity contribution is 6.30. The van der Waals surface area contributed by atoms with Crippen molar-refractivity contribution in [1.29, 1.82) is 0 Å². The van der Waals surface area contributed by atoms with Gasteiger partial charge in [-0.3, -0.25) is 4.98 Å². The van der Waals surface area contributed by atoms with Gasteiger partial charge in [-0.15, -0.1) is 0 Å². The second-order valence-corrected chi connectivity index (χ2v) is 4.78. The van der Waals surface area contributed by atoms with Gasteiger partial charge in [-0.25, -0.2) is 0 Å². The van der Waals surface area contributed by atoms with E-state index in [1.54, 1.807) is 24.4 Å². The molecule has 4 heteroatoms. The number of nitrogens with zero attached hydrogens (tertiary/aromatic N) is 1. The summed E-state index contributed by atoms with van der Waals surface area (Å²) in [6.07, 6.45) is 1.73. The fourth-order valence-electron chi connectivity index (χ4n) is 2.05. The van der Waals surface area contributed by atoms with Gasteiger partial charge in [0, 0.05) is 22.2 Å². The Balaban J connectivity index is 2.05. The third kappa shape index (κ3) is 2.46. The SMILES string of the molecule is OCc1cc(Cl)ccc1Oc1cccc2cccnc12. The molecule has 0 aliphatic heterocycles. The molecule has 0 aliphatic rings. The molecule has 0 fully saturated rings. The van der Waals surface area contributed by atoms with Crippen molar-refractivity contribution in [2.24, 2.45) is 0 Å². The number of hydrogen-bond acceptors (Lipinski definition) is 3. The summed E-state index contributed by atoms with van der Waals surface area (Å²) in [5.74, 6) is 1.23. The number of rotatable bonds is 3. The lowest BCUT2D eigenvalue weighted by Crippen LogP contribution is -1.93. The van der Waals surface area contributed by atoms with Crippen LogP contribution in [0.5, 0.6) is 11.5 Å². The molecule has 0 radical (unpaired) electrons. The minimum Gasteiger partial charge on any atom is -0.455 e. The Labute approximate surface area is 121 Å². The van der Waals surface area contributed by atoms with Gasteiger partial charge in [0.2, 0.25) is 0 Å². The van der Waals surface area contributed by atoms with Gasteiger partial charge in [-0.05, 0) is 30.3 Å². The number of halogens is 1. The summed E-state index contributed by atoms with van der Waals surface area (Å²) in [5.41, 5.74) is 1.43. The van der Waals surface area contributed by atoms with E-state index in [9.17, 15) is 5.11 Å². The lowest BCUT2D eigenvalue weighted by molar-refractivity contribution is 0.276. The van der Waals surface area contributed by atoms with E-state index in [0.29, 0.717) is 22.1 Å². The Bertz CT molecular complexity index is 753. The Hall–Kier alpha value is -2.10. The number of aromatic nitrogens is 1. The first-order valence-corrected chi connectivity index (χ1v) is 6.56. The van der Waals surface area contributed by atoms with Crippen LogP contribution < -0.4 is 4.74 Å². The molecule has 20 heavy (non-hydrogen) atoms. The fourth-order valence-corrected chi connectivity index (χ4v) is 2.24. The van der Waals surface area contributed by atoms with Crippen molar-refractivity contribution in [3.63, 3.8) is 0 Å². The van der Waals surface area contributed by atoms with Gasteiger partial charge in [0.05, 0.1) is 6.61 Å². The Morgan fingerprint density at radius 2 is 1.90 bits per heavy atom. The van der Waals surface area contributed by atoms with Crippen LogP contribution in [0.1, 0.15) is 5.56 Å². The minimum atomic E-state index is -0.131. The predicted molar refractivity (Wildman–Crippen MR) is 79.2 cm³/mol. The summed E-state index contributed by atoms with van der Waals surface area (Å²) in [6.45, 7) is -0.131. The van der Waals surface area contributed by atoms with Crippen LogP contribution in [0.15, 0.2) is 54.7 Å². The van der Waals surface area contributed by atoms with Gasteiger partial charge in [-0.2, -0.15) is 0 Å². The molecular weight excluding hydrogens is 274 g/mol. The molecule has 0 atom stereocenters. The third-order valence-corrected chi connectivity index (χ3v) is 3.24. The zero-order valence-corrected chi connectivity index (χ0v) is 11.3. The van der Waals surface area contributed by atoms with Crippen molar-refractivity contribution < 1.29 is 9.84 Å². The number of aliphatic hydroxyl groups is 1. The molecule has 2 aromatic carbocycles. The van der Waals surface area contributed by atoms with E-state index in [4.69, 9.17) is 16.3 Å². The van der Waals surface area contributed by atoms with Gasteiger partial charge < -0.3 is 9.84 Å². The predicted octanol–water partition coefficient (Wildman–Crippen LogP) is 4.17. The van der Waals surface area contributed by atoms with Crippen molar-refractivity contribution in [2.75, 3.05) is 0 Å². The van der Waals surface area contributed by atoms with E-state index in [-0.39, 0.29) is 6.61 Å². The van der Waals surface area contributed by atoms with E-state index in [1.807, 2.05) is 30.3 Å². The van der Waals surface area contributed by atoms with Gasteiger partial charge in [0.25, 0.3) is 0 Å². The normalized spacial score (nSPS) is 10.7. The summed E-state index contributed by atoms with van der Waals surface area (Å²) in [5, 5.41) is 11.0. The van der Waals surface area contributed by atoms with Crippen LogP contribution in [0, 0.1) is 0 Å². The first kappa shape index (κ1) is 12.9. The Morgan fingerprint density at radius 3 is 2.75 bits per heavy atom. The summed E-state index contributed by atoms with van der Waals surface area (Å²) in [6, 6.07) is 14.8. The van der Waals surface area contributed by atoms with Gasteiger partial charge in [-0.1, -0.05) is 29.8 Å². The number of hydrogen-bond donors (Lipinski definition) is 1. The number of fused-ring (bicyclic) bond motifs is 1. The second-order valence-electron chi connectivity index (χ2n) is 4.34. The quantitative estimate of drug-likeness (QED) is 0.785. The molecule has 0 aliphatic carbocycles. The highest BCUT2D eigenvalue weighted by atomic mass is 35.5. The average Bonchev–Trinajstić information content (AvgIpc) is 2.49. The molecule has 1 heterocycles. The molecule has 3 rings (SSSR count). The summed E-state index contributed by atoms with van der Waals surface area (Å²) in [4.78, 5) is 4.34. The Morgan fingerprint density at radius 1 is 1.05 bits per heavy atom. The summed E-state index contributed by atoms with van der Waals surface area (Å²) >= 11 is 5.91. The standard InChI is InChI=1S/C16H12ClNO2/c17-13-6-7-14(12(9-13)10-19)20-15-5-1-3-11-4-2-8-18-16(11)15/h1-9,19H,10H2. The van der Waals surface area contributed by atoms with Crippen LogP contribution in [0.2, 0.25) is 5.02 Å². The van der Waals surface area contributed by atoms with E-state index in [2.05, 4.69) is 4.98 Å². The fraction of sp³-hybridized carbons (Fsp3) is 0.0625. The molecule has 1 aromatic heterocycles. The molecule has 0 saturated heterocycles. The van der Waals surface area contributed by atoms with Gasteiger partial charge in [0.1, 0.15) is 11.3 Å². The van der Waals surface area contributed by atoms with Crippen molar-refractivity contribution in [3.8, 4) is 11.5 Å². The van der Waals surface area contributed by atoms with Crippen molar-refractivity contribution >= 4 is 22.5 Å². The highest BCUT2D eigenvalue weighted by Crippen LogP contribution is 2.31. The van der Waals surface area contributed by atoms with Gasteiger partial charge >= 0.3 is 0 Å². The summed E-state index contributed by atoms with van der Waals surface area (Å²) in [7, 11) is 0. The maximum absolute atomic E-state index is 9.38. The van der Waals surface area contributed by atoms with Crippen LogP contribution >= 0.6 is 11.6 Å². The average molecular weight is 286 g/mol. The van der Waals surface area contributed by atoms with Crippen molar-refractivity contribution in [2.45, 2.75) is 6.61 Å². The van der Waals surface area contributed by atoms with Crippen LogP contribution in [-0.4, -0.2) is 10.1 Å². The molecule has 3 nitrogen and oxygen atoms in total. The molecule has 0 unspecified atom stereocenters. The monoisotopic (exact) mass is 285 g/mol. The number of benzene rings is 2. The Kier molecular flexibility index (Phi) is 3.54. The van der Waals surface area contributed by atoms with E-state index in [0.717, 1.165) is 10.9 Å². The molecule has 1 N–H and O–H groups in total. The van der Waals surface area contributed by atoms with E-state index in [1.165, 1.54) is 0 Å². The van der Waals surface area contributed by atoms with Gasteiger partial charge in [0.15, 0.2) is 5.75 Å². The number of para-hydroxylation sites is 1. The molecule has 0 amide bonds. The smallest absolute Gasteiger partial charge is 0.153 e. The topological polar surface area (TPSA) is 42.4 Å². The number of aliphatic hydroxyl groups excluding tert-OH is 1. The van der Waals surface area contributed by atoms with Crippen LogP contribution in [0.4, 0.5) is 0 Å². The molecule has 0 bridgehead atoms. The van der Waals surface area contributed by atoms with Crippen LogP contribution in [0.3, 0.4) is 0 Å². The van der Waals surface area contributed by atoms with E-state index < -0.39 is 0 Å². The first-order chi connectivity index (χ1) is 9.78. The number of ether oxygens (including phenoxy) is 1. The lowest BCUT2D eigenvalue weighted by atomic mass is 10.2. The lowest BCUT2D eigenvalue weighted by Gasteiger charge is -2.11. The summed E-state index contributed by atoms with van der Waals surface area (Å²) < 4.78 is 5.89.